The molecule has 68 valence electrons. The Morgan fingerprint density at radius 2 is 2.17 bits per heavy atom. The second kappa shape index (κ2) is 4.06. The summed E-state index contributed by atoms with van der Waals surface area (Å²) in [7, 11) is 1.29. The molecule has 5 heteroatoms. The van der Waals surface area contributed by atoms with Crippen molar-refractivity contribution in [2.75, 3.05) is 7.11 Å². The summed E-state index contributed by atoms with van der Waals surface area (Å²) >= 11 is 1.70. The molecular formula is C7H10INO3. The van der Waals surface area contributed by atoms with Crippen LogP contribution in [0.2, 0.25) is 0 Å². The van der Waals surface area contributed by atoms with Gasteiger partial charge in [-0.25, -0.2) is 4.79 Å². The summed E-state index contributed by atoms with van der Waals surface area (Å²) in [5, 5.41) is 2.51. The fourth-order valence-corrected chi connectivity index (χ4v) is 1.64. The second-order valence-corrected chi connectivity index (χ2v) is 3.82. The van der Waals surface area contributed by atoms with Crippen molar-refractivity contribution in [3.05, 3.63) is 0 Å². The van der Waals surface area contributed by atoms with Crippen molar-refractivity contribution in [3.8, 4) is 0 Å². The van der Waals surface area contributed by atoms with Crippen LogP contribution in [0, 0.1) is 5.92 Å². The summed E-state index contributed by atoms with van der Waals surface area (Å²) in [4.78, 5) is 21.8. The predicted molar refractivity (Wildman–Crippen MR) is 51.1 cm³/mol. The van der Waals surface area contributed by atoms with Gasteiger partial charge in [-0.05, 0) is 18.8 Å². The third kappa shape index (κ3) is 2.62. The van der Waals surface area contributed by atoms with Crippen molar-refractivity contribution in [2.24, 2.45) is 5.92 Å². The van der Waals surface area contributed by atoms with Crippen LogP contribution in [0.15, 0.2) is 0 Å². The standard InChI is InChI=1S/C7H10INO3/c1-12-7(11)9-5(6(8)10)4-2-3-4/h4-5H,2-3H2,1H3,(H,9,11)/t5-/m1/s1. The van der Waals surface area contributed by atoms with Crippen molar-refractivity contribution < 1.29 is 14.3 Å². The highest BCUT2D eigenvalue weighted by Gasteiger charge is 2.36. The van der Waals surface area contributed by atoms with E-state index in [2.05, 4.69) is 10.1 Å². The summed E-state index contributed by atoms with van der Waals surface area (Å²) in [5.41, 5.74) is 0. The van der Waals surface area contributed by atoms with Gasteiger partial charge in [0.2, 0.25) is 3.79 Å². The summed E-state index contributed by atoms with van der Waals surface area (Å²) in [6.07, 6.45) is 1.50. The zero-order valence-corrected chi connectivity index (χ0v) is 8.83. The van der Waals surface area contributed by atoms with E-state index in [-0.39, 0.29) is 9.83 Å². The molecule has 12 heavy (non-hydrogen) atoms. The molecule has 0 unspecified atom stereocenters. The highest BCUT2D eigenvalue weighted by molar-refractivity contribution is 14.1. The fraction of sp³-hybridized carbons (Fsp3) is 0.714. The first-order valence-electron chi connectivity index (χ1n) is 3.69. The van der Waals surface area contributed by atoms with Crippen molar-refractivity contribution in [3.63, 3.8) is 0 Å². The number of carbonyl (C=O) groups is 2. The number of ether oxygens (including phenoxy) is 1. The van der Waals surface area contributed by atoms with Crippen molar-refractivity contribution in [1.29, 1.82) is 0 Å². The maximum Gasteiger partial charge on any atom is 0.407 e. The van der Waals surface area contributed by atoms with Crippen LogP contribution >= 0.6 is 22.6 Å². The minimum absolute atomic E-state index is 0.0273. The van der Waals surface area contributed by atoms with Crippen LogP contribution in [0.4, 0.5) is 4.79 Å². The van der Waals surface area contributed by atoms with Gasteiger partial charge in [0.15, 0.2) is 0 Å². The quantitative estimate of drug-likeness (QED) is 0.623. The van der Waals surface area contributed by atoms with E-state index < -0.39 is 6.09 Å². The highest BCUT2D eigenvalue weighted by atomic mass is 127. The molecule has 1 aliphatic rings. The molecule has 1 rings (SSSR count). The number of alkyl carbamates (subject to hydrolysis) is 1. The van der Waals surface area contributed by atoms with Crippen LogP contribution in [0.3, 0.4) is 0 Å². The Morgan fingerprint density at radius 1 is 1.58 bits per heavy atom. The van der Waals surface area contributed by atoms with Crippen LogP contribution in [-0.4, -0.2) is 23.0 Å². The molecule has 0 radical (unpaired) electrons. The minimum atomic E-state index is -0.531. The molecule has 0 spiro atoms. The van der Waals surface area contributed by atoms with Crippen molar-refractivity contribution in [1.82, 2.24) is 5.32 Å². The van der Waals surface area contributed by atoms with Crippen LogP contribution in [0.25, 0.3) is 0 Å². The molecule has 1 atom stereocenters. The molecule has 0 bridgehead atoms. The third-order valence-corrected chi connectivity index (χ3v) is 2.47. The van der Waals surface area contributed by atoms with E-state index in [1.54, 1.807) is 22.6 Å². The molecule has 4 nitrogen and oxygen atoms in total. The van der Waals surface area contributed by atoms with Gasteiger partial charge in [-0.2, -0.15) is 0 Å². The Kier molecular flexibility index (Phi) is 3.30. The van der Waals surface area contributed by atoms with E-state index in [0.29, 0.717) is 5.92 Å². The lowest BCUT2D eigenvalue weighted by atomic mass is 10.2. The average molecular weight is 283 g/mol. The molecule has 1 N–H and O–H groups in total. The lowest BCUT2D eigenvalue weighted by Gasteiger charge is -2.12. The summed E-state index contributed by atoms with van der Waals surface area (Å²) in [6.45, 7) is 0. The smallest absolute Gasteiger partial charge is 0.407 e. The summed E-state index contributed by atoms with van der Waals surface area (Å²) < 4.78 is 4.38. The first-order chi connectivity index (χ1) is 5.65. The summed E-state index contributed by atoms with van der Waals surface area (Å²) in [5.74, 6) is 0.327. The number of methoxy groups -OCH3 is 1. The zero-order chi connectivity index (χ0) is 9.14. The Balaban J connectivity index is 2.43. The lowest BCUT2D eigenvalue weighted by Crippen LogP contribution is -2.40. The van der Waals surface area contributed by atoms with E-state index in [1.807, 2.05) is 0 Å². The first kappa shape index (κ1) is 9.76. The normalized spacial score (nSPS) is 18.2. The molecule has 0 aliphatic heterocycles. The van der Waals surface area contributed by atoms with Gasteiger partial charge >= 0.3 is 6.09 Å². The molecule has 0 saturated heterocycles. The average Bonchev–Trinajstić information content (AvgIpc) is 2.81. The maximum absolute atomic E-state index is 11.0. The maximum atomic E-state index is 11.0. The number of nitrogens with one attached hydrogen (secondary N) is 1. The topological polar surface area (TPSA) is 55.4 Å². The highest BCUT2D eigenvalue weighted by Crippen LogP contribution is 2.33. The van der Waals surface area contributed by atoms with Crippen molar-refractivity contribution >= 4 is 32.5 Å². The Morgan fingerprint density at radius 3 is 2.50 bits per heavy atom. The SMILES string of the molecule is COC(=O)N[C@@H](C(=O)I)C1CC1. The minimum Gasteiger partial charge on any atom is -0.453 e. The number of halogens is 1. The van der Waals surface area contributed by atoms with Gasteiger partial charge in [0.25, 0.3) is 0 Å². The van der Waals surface area contributed by atoms with E-state index in [9.17, 15) is 9.59 Å². The monoisotopic (exact) mass is 283 g/mol. The molecule has 1 fully saturated rings. The van der Waals surface area contributed by atoms with Crippen LogP contribution in [0.5, 0.6) is 0 Å². The summed E-state index contributed by atoms with van der Waals surface area (Å²) in [6, 6.07) is -0.349. The number of carbonyl (C=O) groups excluding carboxylic acids is 2. The molecule has 1 aliphatic carbocycles. The van der Waals surface area contributed by atoms with E-state index in [0.717, 1.165) is 12.8 Å². The molecule has 1 amide bonds. The van der Waals surface area contributed by atoms with E-state index in [1.165, 1.54) is 7.11 Å². The van der Waals surface area contributed by atoms with Gasteiger partial charge in [-0.3, -0.25) is 4.79 Å². The van der Waals surface area contributed by atoms with E-state index in [4.69, 9.17) is 0 Å². The zero-order valence-electron chi connectivity index (χ0n) is 6.67. The lowest BCUT2D eigenvalue weighted by molar-refractivity contribution is -0.111. The first-order valence-corrected chi connectivity index (χ1v) is 4.77. The molecule has 1 saturated carbocycles. The Bertz CT molecular complexity index is 203. The number of hydrogen-bond donors (Lipinski definition) is 1. The molecular weight excluding hydrogens is 273 g/mol. The molecule has 0 aromatic heterocycles. The van der Waals surface area contributed by atoms with Crippen molar-refractivity contribution in [2.45, 2.75) is 18.9 Å². The van der Waals surface area contributed by atoms with Crippen LogP contribution < -0.4 is 5.32 Å². The van der Waals surface area contributed by atoms with Gasteiger partial charge in [-0.1, -0.05) is 0 Å². The largest absolute Gasteiger partial charge is 0.453 e. The van der Waals surface area contributed by atoms with Crippen LogP contribution in [-0.2, 0) is 9.53 Å². The number of amides is 1. The molecule has 0 aromatic carbocycles. The number of hydrogen-bond acceptors (Lipinski definition) is 3. The van der Waals surface area contributed by atoms with E-state index >= 15 is 0 Å². The van der Waals surface area contributed by atoms with Gasteiger partial charge in [0.05, 0.1) is 7.11 Å². The van der Waals surface area contributed by atoms with Crippen LogP contribution in [0.1, 0.15) is 12.8 Å². The second-order valence-electron chi connectivity index (χ2n) is 2.76. The Hall–Kier alpha value is -0.330. The Labute approximate surface area is 84.2 Å². The fourth-order valence-electron chi connectivity index (χ4n) is 0.975. The number of rotatable bonds is 3. The van der Waals surface area contributed by atoms with Gasteiger partial charge in [0, 0.05) is 22.6 Å². The third-order valence-electron chi connectivity index (χ3n) is 1.80. The van der Waals surface area contributed by atoms with Gasteiger partial charge in [-0.15, -0.1) is 0 Å². The van der Waals surface area contributed by atoms with Gasteiger partial charge < -0.3 is 10.1 Å². The molecule has 0 aromatic rings. The molecule has 0 heterocycles. The van der Waals surface area contributed by atoms with Gasteiger partial charge in [0.1, 0.15) is 6.04 Å². The predicted octanol–water partition coefficient (Wildman–Crippen LogP) is 1.08.